The highest BCUT2D eigenvalue weighted by Gasteiger charge is 2.37. The molecule has 1 aliphatic heterocycles. The summed E-state index contributed by atoms with van der Waals surface area (Å²) in [4.78, 5) is 4.32. The first kappa shape index (κ1) is 14.1. The normalized spacial score (nSPS) is 22.4. The molecule has 0 spiro atoms. The van der Waals surface area contributed by atoms with Crippen LogP contribution < -0.4 is 0 Å². The predicted molar refractivity (Wildman–Crippen MR) is 75.0 cm³/mol. The Kier molecular flexibility index (Phi) is 4.24. The van der Waals surface area contributed by atoms with Crippen molar-refractivity contribution in [1.82, 2.24) is 0 Å². The molecule has 104 valence electrons. The Morgan fingerprint density at radius 3 is 2.58 bits per heavy atom. The van der Waals surface area contributed by atoms with Gasteiger partial charge in [0.25, 0.3) is 0 Å². The molecule has 0 N–H and O–H groups in total. The molecule has 0 saturated heterocycles. The van der Waals surface area contributed by atoms with E-state index in [2.05, 4.69) is 11.9 Å². The Morgan fingerprint density at radius 1 is 1.26 bits per heavy atom. The van der Waals surface area contributed by atoms with Crippen LogP contribution in [0.15, 0.2) is 34.2 Å². The molecule has 4 nitrogen and oxygen atoms in total. The van der Waals surface area contributed by atoms with Crippen molar-refractivity contribution in [2.24, 2.45) is 4.99 Å². The van der Waals surface area contributed by atoms with Crippen molar-refractivity contribution in [3.05, 3.63) is 29.8 Å². The number of aliphatic imine (C=N–C) groups is 1. The molecule has 1 aromatic carbocycles. The first-order chi connectivity index (χ1) is 9.05. The third-order valence-electron chi connectivity index (χ3n) is 3.27. The summed E-state index contributed by atoms with van der Waals surface area (Å²) in [6.45, 7) is 4.00. The van der Waals surface area contributed by atoms with E-state index in [4.69, 9.17) is 4.74 Å². The van der Waals surface area contributed by atoms with Crippen molar-refractivity contribution in [2.75, 3.05) is 0 Å². The van der Waals surface area contributed by atoms with Gasteiger partial charge < -0.3 is 4.74 Å². The van der Waals surface area contributed by atoms with Crippen LogP contribution in [0.5, 0.6) is 0 Å². The number of benzene rings is 1. The van der Waals surface area contributed by atoms with Gasteiger partial charge in [-0.3, -0.25) is 0 Å². The first-order valence-electron chi connectivity index (χ1n) is 6.53. The molecule has 5 heteroatoms. The van der Waals surface area contributed by atoms with E-state index in [-0.39, 0.29) is 6.10 Å². The molecular formula is C14H19NO3S. The molecule has 0 aromatic heterocycles. The summed E-state index contributed by atoms with van der Waals surface area (Å²) in [6, 6.07) is 6.87. The van der Waals surface area contributed by atoms with Crippen molar-refractivity contribution < 1.29 is 13.2 Å². The Labute approximate surface area is 114 Å². The molecule has 1 aliphatic rings. The summed E-state index contributed by atoms with van der Waals surface area (Å²) in [7, 11) is -3.46. The SMILES string of the molecule is CCCC[C@@H]1OC=N[C@H]1S(=O)(=O)c1ccc(C)cc1. The fraction of sp³-hybridized carbons (Fsp3) is 0.500. The van der Waals surface area contributed by atoms with E-state index in [0.29, 0.717) is 11.3 Å². The van der Waals surface area contributed by atoms with Crippen molar-refractivity contribution >= 4 is 16.2 Å². The van der Waals surface area contributed by atoms with E-state index in [0.717, 1.165) is 18.4 Å². The van der Waals surface area contributed by atoms with E-state index < -0.39 is 15.2 Å². The highest BCUT2D eigenvalue weighted by molar-refractivity contribution is 7.92. The van der Waals surface area contributed by atoms with Gasteiger partial charge in [-0.25, -0.2) is 13.4 Å². The monoisotopic (exact) mass is 281 g/mol. The topological polar surface area (TPSA) is 55.7 Å². The van der Waals surface area contributed by atoms with E-state index in [1.54, 1.807) is 24.3 Å². The Bertz CT molecular complexity index is 549. The van der Waals surface area contributed by atoms with Crippen LogP contribution in [0.25, 0.3) is 0 Å². The molecule has 0 fully saturated rings. The maximum Gasteiger partial charge on any atom is 0.205 e. The number of ether oxygens (including phenoxy) is 1. The highest BCUT2D eigenvalue weighted by Crippen LogP contribution is 2.26. The molecule has 19 heavy (non-hydrogen) atoms. The fourth-order valence-corrected chi connectivity index (χ4v) is 3.70. The van der Waals surface area contributed by atoms with Crippen LogP contribution >= 0.6 is 0 Å². The molecule has 1 aromatic rings. The predicted octanol–water partition coefficient (Wildman–Crippen LogP) is 2.71. The second-order valence-electron chi connectivity index (χ2n) is 4.82. The number of nitrogens with zero attached hydrogens (tertiary/aromatic N) is 1. The molecule has 1 heterocycles. The van der Waals surface area contributed by atoms with E-state index in [9.17, 15) is 8.42 Å². The second kappa shape index (κ2) is 5.74. The summed E-state index contributed by atoms with van der Waals surface area (Å²) in [5.41, 5.74) is 1.03. The summed E-state index contributed by atoms with van der Waals surface area (Å²) in [5.74, 6) is 0. The zero-order valence-corrected chi connectivity index (χ0v) is 12.1. The minimum absolute atomic E-state index is 0.312. The van der Waals surface area contributed by atoms with Gasteiger partial charge in [-0.1, -0.05) is 31.0 Å². The number of rotatable bonds is 5. The van der Waals surface area contributed by atoms with Crippen LogP contribution in [0.4, 0.5) is 0 Å². The van der Waals surface area contributed by atoms with Gasteiger partial charge in [0.2, 0.25) is 9.84 Å². The van der Waals surface area contributed by atoms with Crippen molar-refractivity contribution in [1.29, 1.82) is 0 Å². The summed E-state index contributed by atoms with van der Waals surface area (Å²) >= 11 is 0. The zero-order valence-electron chi connectivity index (χ0n) is 11.2. The number of sulfone groups is 1. The van der Waals surface area contributed by atoms with Crippen LogP contribution in [-0.2, 0) is 14.6 Å². The molecule has 0 aliphatic carbocycles. The molecule has 0 bridgehead atoms. The van der Waals surface area contributed by atoms with E-state index in [1.165, 1.54) is 6.40 Å². The van der Waals surface area contributed by atoms with Gasteiger partial charge in [-0.05, 0) is 31.9 Å². The van der Waals surface area contributed by atoms with Gasteiger partial charge in [0.05, 0.1) is 4.90 Å². The highest BCUT2D eigenvalue weighted by atomic mass is 32.2. The van der Waals surface area contributed by atoms with Crippen LogP contribution in [0.2, 0.25) is 0 Å². The number of aryl methyl sites for hydroxylation is 1. The van der Waals surface area contributed by atoms with Crippen LogP contribution in [0, 0.1) is 6.92 Å². The standard InChI is InChI=1S/C14H19NO3S/c1-3-4-5-13-14(15-10-18-13)19(16,17)12-8-6-11(2)7-9-12/h6-10,13-14H,3-5H2,1-2H3/t13-,14-/m0/s1. The van der Waals surface area contributed by atoms with Crippen molar-refractivity contribution in [3.63, 3.8) is 0 Å². The largest absolute Gasteiger partial charge is 0.477 e. The Hall–Kier alpha value is -1.36. The maximum atomic E-state index is 12.5. The third-order valence-corrected chi connectivity index (χ3v) is 5.26. The lowest BCUT2D eigenvalue weighted by molar-refractivity contribution is 0.206. The first-order valence-corrected chi connectivity index (χ1v) is 8.08. The molecular weight excluding hydrogens is 262 g/mol. The number of unbranched alkanes of at least 4 members (excludes halogenated alkanes) is 1. The van der Waals surface area contributed by atoms with Crippen LogP contribution in [0.3, 0.4) is 0 Å². The molecule has 2 rings (SSSR count). The van der Waals surface area contributed by atoms with Crippen LogP contribution in [-0.4, -0.2) is 26.3 Å². The third kappa shape index (κ3) is 2.97. The lowest BCUT2D eigenvalue weighted by atomic mass is 10.2. The minimum atomic E-state index is -3.46. The lowest BCUT2D eigenvalue weighted by Gasteiger charge is -2.17. The molecule has 2 atom stereocenters. The Balaban J connectivity index is 2.23. The fourth-order valence-electron chi connectivity index (χ4n) is 2.10. The summed E-state index contributed by atoms with van der Waals surface area (Å²) in [5, 5.41) is -0.804. The number of hydrogen-bond acceptors (Lipinski definition) is 4. The smallest absolute Gasteiger partial charge is 0.205 e. The summed E-state index contributed by atoms with van der Waals surface area (Å²) < 4.78 is 30.4. The van der Waals surface area contributed by atoms with Gasteiger partial charge in [-0.15, -0.1) is 0 Å². The second-order valence-corrected chi connectivity index (χ2v) is 6.86. The lowest BCUT2D eigenvalue weighted by Crippen LogP contribution is -2.30. The van der Waals surface area contributed by atoms with Crippen molar-refractivity contribution in [3.8, 4) is 0 Å². The molecule has 0 saturated carbocycles. The Morgan fingerprint density at radius 2 is 1.95 bits per heavy atom. The molecule has 0 unspecified atom stereocenters. The van der Waals surface area contributed by atoms with Crippen molar-refractivity contribution in [2.45, 2.75) is 49.5 Å². The minimum Gasteiger partial charge on any atom is -0.477 e. The quantitative estimate of drug-likeness (QED) is 0.834. The van der Waals surface area contributed by atoms with Crippen LogP contribution in [0.1, 0.15) is 31.7 Å². The average molecular weight is 281 g/mol. The van der Waals surface area contributed by atoms with Gasteiger partial charge in [0, 0.05) is 0 Å². The summed E-state index contributed by atoms with van der Waals surface area (Å²) in [6.07, 6.45) is 3.58. The van der Waals surface area contributed by atoms with E-state index >= 15 is 0 Å². The zero-order chi connectivity index (χ0) is 13.9. The van der Waals surface area contributed by atoms with Gasteiger partial charge in [-0.2, -0.15) is 0 Å². The van der Waals surface area contributed by atoms with Gasteiger partial charge in [0.15, 0.2) is 11.8 Å². The molecule has 0 amide bonds. The van der Waals surface area contributed by atoms with Gasteiger partial charge in [0.1, 0.15) is 6.10 Å². The van der Waals surface area contributed by atoms with E-state index in [1.807, 2.05) is 6.92 Å². The van der Waals surface area contributed by atoms with Gasteiger partial charge >= 0.3 is 0 Å². The average Bonchev–Trinajstić information content (AvgIpc) is 2.86. The number of hydrogen-bond donors (Lipinski definition) is 0. The molecule has 0 radical (unpaired) electrons. The maximum absolute atomic E-state index is 12.5.